The molecule has 10 heteroatoms. The molecule has 2 aromatic carbocycles. The minimum absolute atomic E-state index is 0.0165. The number of carbonyl (C=O) groups is 2. The van der Waals surface area contributed by atoms with Crippen LogP contribution >= 0.6 is 0 Å². The van der Waals surface area contributed by atoms with E-state index in [0.29, 0.717) is 5.56 Å². The lowest BCUT2D eigenvalue weighted by Gasteiger charge is -2.30. The van der Waals surface area contributed by atoms with Crippen molar-refractivity contribution >= 4 is 23.2 Å². The van der Waals surface area contributed by atoms with Gasteiger partial charge in [-0.1, -0.05) is 12.1 Å². The fourth-order valence-corrected chi connectivity index (χ4v) is 2.91. The van der Waals surface area contributed by atoms with Crippen molar-refractivity contribution < 1.29 is 36.3 Å². The normalized spacial score (nSPS) is 13.9. The highest BCUT2D eigenvalue weighted by Gasteiger charge is 2.34. The first-order valence-corrected chi connectivity index (χ1v) is 8.48. The Bertz CT molecular complexity index is 913. The van der Waals surface area contributed by atoms with Crippen LogP contribution in [0.25, 0.3) is 0 Å². The second-order valence-corrected chi connectivity index (χ2v) is 6.28. The molecule has 3 rings (SSSR count). The monoisotopic (exact) mass is 414 g/mol. The molecule has 5 nitrogen and oxygen atoms in total. The largest absolute Gasteiger partial charge is 0.435 e. The van der Waals surface area contributed by atoms with Gasteiger partial charge in [0.1, 0.15) is 12.3 Å². The second-order valence-electron chi connectivity index (χ2n) is 6.28. The molecule has 29 heavy (non-hydrogen) atoms. The maximum Gasteiger partial charge on any atom is 0.416 e. The summed E-state index contributed by atoms with van der Waals surface area (Å²) in [5.41, 5.74) is -0.160. The summed E-state index contributed by atoms with van der Waals surface area (Å²) in [6, 6.07) is 8.51. The van der Waals surface area contributed by atoms with E-state index in [-0.39, 0.29) is 36.5 Å². The first kappa shape index (κ1) is 20.6. The molecule has 0 fully saturated rings. The van der Waals surface area contributed by atoms with E-state index < -0.39 is 30.2 Å². The maximum atomic E-state index is 12.9. The van der Waals surface area contributed by atoms with E-state index in [0.717, 1.165) is 23.1 Å². The van der Waals surface area contributed by atoms with Crippen molar-refractivity contribution in [3.8, 4) is 5.75 Å². The number of carbonyl (C=O) groups excluding carboxylic acids is 2. The predicted molar refractivity (Wildman–Crippen MR) is 93.8 cm³/mol. The third-order valence-corrected chi connectivity index (χ3v) is 4.27. The Kier molecular flexibility index (Phi) is 5.71. The van der Waals surface area contributed by atoms with Gasteiger partial charge in [0.05, 0.1) is 16.9 Å². The number of aryl methyl sites for hydroxylation is 1. The standard InChI is InChI=1S/C19H15F5N2O3/c20-18(21)29-13-5-1-11(2-6-13)3-8-17(28)26-10-16(27)25-14-9-12(19(22,23)24)4-7-15(14)26/h1-2,4-7,9,18H,3,8,10H2,(H,25,27). The Labute approximate surface area is 162 Å². The smallest absolute Gasteiger partial charge is 0.416 e. The lowest BCUT2D eigenvalue weighted by molar-refractivity contribution is -0.137. The predicted octanol–water partition coefficient (Wildman–Crippen LogP) is 4.22. The van der Waals surface area contributed by atoms with Gasteiger partial charge < -0.3 is 15.0 Å². The number of hydrogen-bond donors (Lipinski definition) is 1. The van der Waals surface area contributed by atoms with Crippen LogP contribution in [-0.4, -0.2) is 25.0 Å². The van der Waals surface area contributed by atoms with Gasteiger partial charge in [0, 0.05) is 6.42 Å². The number of nitrogens with zero attached hydrogens (tertiary/aromatic N) is 1. The molecule has 1 aliphatic rings. The van der Waals surface area contributed by atoms with Crippen molar-refractivity contribution in [3.05, 3.63) is 53.6 Å². The molecule has 0 unspecified atom stereocenters. The molecule has 0 atom stereocenters. The summed E-state index contributed by atoms with van der Waals surface area (Å²) in [5.74, 6) is -1.07. The van der Waals surface area contributed by atoms with E-state index in [1.807, 2.05) is 0 Å². The van der Waals surface area contributed by atoms with Crippen LogP contribution in [0.15, 0.2) is 42.5 Å². The number of ether oxygens (including phenoxy) is 1. The van der Waals surface area contributed by atoms with Crippen molar-refractivity contribution in [2.75, 3.05) is 16.8 Å². The number of nitrogens with one attached hydrogen (secondary N) is 1. The third kappa shape index (κ3) is 5.01. The molecule has 2 aromatic rings. The van der Waals surface area contributed by atoms with Gasteiger partial charge in [-0.05, 0) is 42.3 Å². The number of anilines is 2. The number of alkyl halides is 5. The Morgan fingerprint density at radius 2 is 1.83 bits per heavy atom. The van der Waals surface area contributed by atoms with Crippen LogP contribution in [0.5, 0.6) is 5.75 Å². The highest BCUT2D eigenvalue weighted by atomic mass is 19.4. The van der Waals surface area contributed by atoms with Crippen LogP contribution in [0.1, 0.15) is 17.5 Å². The summed E-state index contributed by atoms with van der Waals surface area (Å²) in [5, 5.41) is 2.34. The quantitative estimate of drug-likeness (QED) is 0.746. The average Bonchev–Trinajstić information content (AvgIpc) is 2.64. The molecular weight excluding hydrogens is 399 g/mol. The molecule has 0 bridgehead atoms. The van der Waals surface area contributed by atoms with E-state index in [2.05, 4.69) is 10.1 Å². The van der Waals surface area contributed by atoms with E-state index in [4.69, 9.17) is 0 Å². The molecular formula is C19H15F5N2O3. The Balaban J connectivity index is 1.71. The zero-order valence-electron chi connectivity index (χ0n) is 14.8. The summed E-state index contributed by atoms with van der Waals surface area (Å²) >= 11 is 0. The number of rotatable bonds is 5. The van der Waals surface area contributed by atoms with Gasteiger partial charge in [-0.2, -0.15) is 22.0 Å². The fourth-order valence-electron chi connectivity index (χ4n) is 2.91. The van der Waals surface area contributed by atoms with E-state index >= 15 is 0 Å². The zero-order chi connectivity index (χ0) is 21.2. The van der Waals surface area contributed by atoms with Crippen LogP contribution in [0, 0.1) is 0 Å². The van der Waals surface area contributed by atoms with Crippen molar-refractivity contribution in [3.63, 3.8) is 0 Å². The molecule has 0 spiro atoms. The van der Waals surface area contributed by atoms with Gasteiger partial charge in [-0.15, -0.1) is 0 Å². The lowest BCUT2D eigenvalue weighted by atomic mass is 10.1. The SMILES string of the molecule is O=C1CN(C(=O)CCc2ccc(OC(F)F)cc2)c2ccc(C(F)(F)F)cc2N1. The first-order valence-electron chi connectivity index (χ1n) is 8.48. The zero-order valence-corrected chi connectivity index (χ0v) is 14.8. The molecule has 0 saturated carbocycles. The molecule has 0 saturated heterocycles. The Hall–Kier alpha value is -3.17. The molecule has 0 aliphatic carbocycles. The molecule has 2 amide bonds. The highest BCUT2D eigenvalue weighted by molar-refractivity contribution is 6.10. The van der Waals surface area contributed by atoms with Gasteiger partial charge in [0.25, 0.3) is 0 Å². The minimum Gasteiger partial charge on any atom is -0.435 e. The summed E-state index contributed by atoms with van der Waals surface area (Å²) in [4.78, 5) is 25.5. The minimum atomic E-state index is -4.58. The molecule has 154 valence electrons. The lowest BCUT2D eigenvalue weighted by Crippen LogP contribution is -2.42. The van der Waals surface area contributed by atoms with Gasteiger partial charge in [0.15, 0.2) is 0 Å². The Morgan fingerprint density at radius 3 is 2.45 bits per heavy atom. The van der Waals surface area contributed by atoms with Gasteiger partial charge in [0.2, 0.25) is 11.8 Å². The molecule has 1 N–H and O–H groups in total. The van der Waals surface area contributed by atoms with Crippen LogP contribution in [0.4, 0.5) is 33.3 Å². The van der Waals surface area contributed by atoms with Crippen molar-refractivity contribution in [1.82, 2.24) is 0 Å². The number of halogens is 5. The average molecular weight is 414 g/mol. The second kappa shape index (κ2) is 8.06. The van der Waals surface area contributed by atoms with Gasteiger partial charge >= 0.3 is 12.8 Å². The van der Waals surface area contributed by atoms with E-state index in [1.165, 1.54) is 24.3 Å². The van der Waals surface area contributed by atoms with Gasteiger partial charge in [-0.25, -0.2) is 0 Å². The van der Waals surface area contributed by atoms with Crippen LogP contribution in [-0.2, 0) is 22.2 Å². The van der Waals surface area contributed by atoms with Crippen LogP contribution in [0.2, 0.25) is 0 Å². The number of amides is 2. The topological polar surface area (TPSA) is 58.6 Å². The molecule has 1 heterocycles. The molecule has 0 aromatic heterocycles. The van der Waals surface area contributed by atoms with Crippen molar-refractivity contribution in [1.29, 1.82) is 0 Å². The first-order chi connectivity index (χ1) is 13.6. The Morgan fingerprint density at radius 1 is 1.14 bits per heavy atom. The fraction of sp³-hybridized carbons (Fsp3) is 0.263. The summed E-state index contributed by atoms with van der Waals surface area (Å²) < 4.78 is 67.2. The third-order valence-electron chi connectivity index (χ3n) is 4.27. The summed E-state index contributed by atoms with van der Waals surface area (Å²) in [6.45, 7) is -3.25. The van der Waals surface area contributed by atoms with Crippen molar-refractivity contribution in [2.24, 2.45) is 0 Å². The number of fused-ring (bicyclic) bond motifs is 1. The van der Waals surface area contributed by atoms with E-state index in [9.17, 15) is 31.5 Å². The summed E-state index contributed by atoms with van der Waals surface area (Å²) in [6.07, 6.45) is -4.35. The maximum absolute atomic E-state index is 12.9. The highest BCUT2D eigenvalue weighted by Crippen LogP contribution is 2.37. The number of hydrogen-bond acceptors (Lipinski definition) is 3. The number of benzene rings is 2. The molecule has 1 aliphatic heterocycles. The van der Waals surface area contributed by atoms with Crippen molar-refractivity contribution in [2.45, 2.75) is 25.6 Å². The van der Waals surface area contributed by atoms with Crippen LogP contribution < -0.4 is 15.0 Å². The summed E-state index contributed by atoms with van der Waals surface area (Å²) in [7, 11) is 0. The van der Waals surface area contributed by atoms with Crippen LogP contribution in [0.3, 0.4) is 0 Å². The van der Waals surface area contributed by atoms with Gasteiger partial charge in [-0.3, -0.25) is 9.59 Å². The van der Waals surface area contributed by atoms with E-state index in [1.54, 1.807) is 0 Å². The molecule has 0 radical (unpaired) electrons.